The van der Waals surface area contributed by atoms with Crippen LogP contribution in [-0.4, -0.2) is 31.3 Å². The molecule has 1 amide bonds. The van der Waals surface area contributed by atoms with E-state index in [9.17, 15) is 4.79 Å². The summed E-state index contributed by atoms with van der Waals surface area (Å²) < 4.78 is 5.19. The van der Waals surface area contributed by atoms with Crippen molar-refractivity contribution >= 4 is 6.09 Å². The lowest BCUT2D eigenvalue weighted by Crippen LogP contribution is -2.42. The van der Waals surface area contributed by atoms with Crippen LogP contribution in [0.1, 0.15) is 34.1 Å². The Morgan fingerprint density at radius 3 is 2.69 bits per heavy atom. The highest BCUT2D eigenvalue weighted by atomic mass is 16.6. The van der Waals surface area contributed by atoms with E-state index in [-0.39, 0.29) is 6.09 Å². The first-order valence-electron chi connectivity index (χ1n) is 6.04. The van der Waals surface area contributed by atoms with Crippen LogP contribution in [0.3, 0.4) is 0 Å². The average Bonchev–Trinajstić information content (AvgIpc) is 2.12. The van der Waals surface area contributed by atoms with Gasteiger partial charge in [0.15, 0.2) is 0 Å². The fraction of sp³-hybridized carbons (Fsp3) is 0.917. The molecule has 0 saturated carbocycles. The van der Waals surface area contributed by atoms with Crippen molar-refractivity contribution in [1.29, 1.82) is 0 Å². The summed E-state index contributed by atoms with van der Waals surface area (Å²) in [4.78, 5) is 11.4. The fourth-order valence-corrected chi connectivity index (χ4v) is 1.97. The van der Waals surface area contributed by atoms with Gasteiger partial charge in [-0.2, -0.15) is 0 Å². The van der Waals surface area contributed by atoms with Gasteiger partial charge in [-0.05, 0) is 52.1 Å². The van der Waals surface area contributed by atoms with Gasteiger partial charge in [-0.25, -0.2) is 4.79 Å². The molecule has 0 unspecified atom stereocenters. The van der Waals surface area contributed by atoms with Gasteiger partial charge in [0.05, 0.1) is 0 Å². The summed E-state index contributed by atoms with van der Waals surface area (Å²) in [5.41, 5.74) is -0.414. The van der Waals surface area contributed by atoms with Crippen LogP contribution >= 0.6 is 0 Å². The summed E-state index contributed by atoms with van der Waals surface area (Å²) in [5.74, 6) is 1.22. The molecule has 0 aromatic carbocycles. The lowest BCUT2D eigenvalue weighted by atomic mass is 9.92. The van der Waals surface area contributed by atoms with E-state index in [1.165, 1.54) is 6.42 Å². The van der Waals surface area contributed by atoms with Gasteiger partial charge in [0.1, 0.15) is 5.60 Å². The highest BCUT2D eigenvalue weighted by Gasteiger charge is 2.20. The van der Waals surface area contributed by atoms with Crippen molar-refractivity contribution in [3.05, 3.63) is 0 Å². The minimum atomic E-state index is -0.414. The number of carbonyl (C=O) groups excluding carboxylic acids is 1. The van der Waals surface area contributed by atoms with Gasteiger partial charge in [-0.3, -0.25) is 0 Å². The topological polar surface area (TPSA) is 50.4 Å². The van der Waals surface area contributed by atoms with Gasteiger partial charge in [0.25, 0.3) is 0 Å². The van der Waals surface area contributed by atoms with E-state index < -0.39 is 5.60 Å². The number of piperidine rings is 1. The van der Waals surface area contributed by atoms with Crippen molar-refractivity contribution in [2.24, 2.45) is 11.8 Å². The summed E-state index contributed by atoms with van der Waals surface area (Å²) in [7, 11) is 0. The Morgan fingerprint density at radius 2 is 2.12 bits per heavy atom. The minimum absolute atomic E-state index is 0.314. The number of hydrogen-bond acceptors (Lipinski definition) is 3. The van der Waals surface area contributed by atoms with Gasteiger partial charge in [0.2, 0.25) is 0 Å². The maximum absolute atomic E-state index is 11.4. The van der Waals surface area contributed by atoms with E-state index in [1.54, 1.807) is 0 Å². The Labute approximate surface area is 98.1 Å². The number of nitrogens with one attached hydrogen (secondary N) is 2. The summed E-state index contributed by atoms with van der Waals surface area (Å²) in [5, 5.41) is 6.19. The third-order valence-electron chi connectivity index (χ3n) is 2.60. The molecule has 4 nitrogen and oxygen atoms in total. The molecule has 16 heavy (non-hydrogen) atoms. The van der Waals surface area contributed by atoms with Crippen LogP contribution in [0, 0.1) is 11.8 Å². The molecule has 94 valence electrons. The molecule has 1 aliphatic heterocycles. The van der Waals surface area contributed by atoms with E-state index >= 15 is 0 Å². The molecule has 0 aromatic rings. The molecular weight excluding hydrogens is 204 g/mol. The predicted molar refractivity (Wildman–Crippen MR) is 64.4 cm³/mol. The first-order valence-corrected chi connectivity index (χ1v) is 6.04. The molecule has 2 N–H and O–H groups in total. The van der Waals surface area contributed by atoms with Crippen molar-refractivity contribution in [3.8, 4) is 0 Å². The standard InChI is InChI=1S/C12H24N2O2/c1-9-5-10(7-13-6-9)8-14-11(15)16-12(2,3)4/h9-10,13H,5-8H2,1-4H3,(H,14,15)/t9-,10+/m1/s1. The first-order chi connectivity index (χ1) is 7.37. The molecule has 1 heterocycles. The second kappa shape index (κ2) is 5.53. The van der Waals surface area contributed by atoms with Crippen LogP contribution in [0.4, 0.5) is 4.79 Å². The number of hydrogen-bond donors (Lipinski definition) is 2. The third kappa shape index (κ3) is 5.35. The Morgan fingerprint density at radius 1 is 1.44 bits per heavy atom. The Balaban J connectivity index is 2.21. The van der Waals surface area contributed by atoms with Gasteiger partial charge in [-0.1, -0.05) is 6.92 Å². The van der Waals surface area contributed by atoms with E-state index in [2.05, 4.69) is 17.6 Å². The van der Waals surface area contributed by atoms with Crippen molar-refractivity contribution < 1.29 is 9.53 Å². The molecule has 1 rings (SSSR count). The summed E-state index contributed by atoms with van der Waals surface area (Å²) in [6.07, 6.45) is 0.855. The zero-order valence-electron chi connectivity index (χ0n) is 10.8. The maximum atomic E-state index is 11.4. The maximum Gasteiger partial charge on any atom is 0.407 e. The van der Waals surface area contributed by atoms with Crippen LogP contribution in [0.2, 0.25) is 0 Å². The average molecular weight is 228 g/mol. The minimum Gasteiger partial charge on any atom is -0.444 e. The van der Waals surface area contributed by atoms with E-state index in [4.69, 9.17) is 4.74 Å². The van der Waals surface area contributed by atoms with Crippen molar-refractivity contribution in [1.82, 2.24) is 10.6 Å². The number of rotatable bonds is 2. The fourth-order valence-electron chi connectivity index (χ4n) is 1.97. The smallest absolute Gasteiger partial charge is 0.407 e. The molecule has 0 aliphatic carbocycles. The number of amides is 1. The van der Waals surface area contributed by atoms with Crippen LogP contribution in [0.15, 0.2) is 0 Å². The van der Waals surface area contributed by atoms with Crippen LogP contribution in [0.25, 0.3) is 0 Å². The summed E-state index contributed by atoms with van der Waals surface area (Å²) >= 11 is 0. The normalized spacial score (nSPS) is 26.2. The Kier molecular flexibility index (Phi) is 4.59. The molecule has 2 atom stereocenters. The molecule has 1 fully saturated rings. The lowest BCUT2D eigenvalue weighted by Gasteiger charge is -2.28. The van der Waals surface area contributed by atoms with Crippen molar-refractivity contribution in [2.45, 2.75) is 39.7 Å². The monoisotopic (exact) mass is 228 g/mol. The van der Waals surface area contributed by atoms with Crippen molar-refractivity contribution in [3.63, 3.8) is 0 Å². The molecular formula is C12H24N2O2. The molecule has 0 aromatic heterocycles. The SMILES string of the molecule is C[C@H]1CNC[C@@H](CNC(=O)OC(C)(C)C)C1. The van der Waals surface area contributed by atoms with E-state index in [0.717, 1.165) is 13.1 Å². The number of carbonyl (C=O) groups is 1. The van der Waals surface area contributed by atoms with Crippen LogP contribution in [-0.2, 0) is 4.74 Å². The van der Waals surface area contributed by atoms with Crippen molar-refractivity contribution in [2.75, 3.05) is 19.6 Å². The largest absolute Gasteiger partial charge is 0.444 e. The second-order valence-corrected chi connectivity index (χ2v) is 5.75. The molecule has 0 bridgehead atoms. The molecule has 1 saturated heterocycles. The second-order valence-electron chi connectivity index (χ2n) is 5.75. The molecule has 0 spiro atoms. The Hall–Kier alpha value is -0.770. The van der Waals surface area contributed by atoms with Crippen LogP contribution in [0.5, 0.6) is 0 Å². The highest BCUT2D eigenvalue weighted by molar-refractivity contribution is 5.67. The molecule has 1 aliphatic rings. The Bertz CT molecular complexity index is 236. The van der Waals surface area contributed by atoms with E-state index in [1.807, 2.05) is 20.8 Å². The molecule has 4 heteroatoms. The van der Waals surface area contributed by atoms with Gasteiger partial charge < -0.3 is 15.4 Å². The van der Waals surface area contributed by atoms with Gasteiger partial charge >= 0.3 is 6.09 Å². The highest BCUT2D eigenvalue weighted by Crippen LogP contribution is 2.15. The van der Waals surface area contributed by atoms with Gasteiger partial charge in [-0.15, -0.1) is 0 Å². The number of ether oxygens (including phenoxy) is 1. The van der Waals surface area contributed by atoms with Crippen LogP contribution < -0.4 is 10.6 Å². The first kappa shape index (κ1) is 13.3. The predicted octanol–water partition coefficient (Wildman–Crippen LogP) is 1.76. The quantitative estimate of drug-likeness (QED) is 0.757. The summed E-state index contributed by atoms with van der Waals surface area (Å²) in [6, 6.07) is 0. The third-order valence-corrected chi connectivity index (χ3v) is 2.60. The van der Waals surface area contributed by atoms with E-state index in [0.29, 0.717) is 18.4 Å². The molecule has 0 radical (unpaired) electrons. The number of alkyl carbamates (subject to hydrolysis) is 1. The summed E-state index contributed by atoms with van der Waals surface area (Å²) in [6.45, 7) is 10.6. The lowest BCUT2D eigenvalue weighted by molar-refractivity contribution is 0.0514. The zero-order chi connectivity index (χ0) is 12.2. The van der Waals surface area contributed by atoms with Gasteiger partial charge in [0, 0.05) is 6.54 Å². The zero-order valence-corrected chi connectivity index (χ0v) is 10.8.